The van der Waals surface area contributed by atoms with Gasteiger partial charge in [0.05, 0.1) is 18.7 Å². The number of nitrogens with zero attached hydrogens (tertiary/aromatic N) is 3. The molecule has 1 heterocycles. The first-order chi connectivity index (χ1) is 9.90. The number of hydrogen-bond acceptors (Lipinski definition) is 5. The fraction of sp³-hybridized carbons (Fsp3) is 0.385. The number of benzene rings is 1. The number of nitrogens with two attached hydrogens (primary N) is 1. The van der Waals surface area contributed by atoms with Gasteiger partial charge in [-0.3, -0.25) is 4.90 Å². The molecule has 0 saturated carbocycles. The summed E-state index contributed by atoms with van der Waals surface area (Å²) in [7, 11) is 1.69. The molecular weight excluding hydrogens is 285 g/mol. The van der Waals surface area contributed by atoms with E-state index in [0.717, 1.165) is 6.07 Å². The van der Waals surface area contributed by atoms with Gasteiger partial charge in [-0.2, -0.15) is 18.2 Å². The van der Waals surface area contributed by atoms with E-state index in [1.54, 1.807) is 18.0 Å². The molecule has 8 heteroatoms. The molecule has 0 amide bonds. The summed E-state index contributed by atoms with van der Waals surface area (Å²) in [6.07, 6.45) is -4.36. The van der Waals surface area contributed by atoms with Crippen molar-refractivity contribution in [2.75, 3.05) is 7.05 Å². The maximum Gasteiger partial charge on any atom is 0.416 e. The summed E-state index contributed by atoms with van der Waals surface area (Å²) in [5, 5.41) is 3.71. The highest BCUT2D eigenvalue weighted by Crippen LogP contribution is 2.32. The van der Waals surface area contributed by atoms with E-state index >= 15 is 0 Å². The zero-order chi connectivity index (χ0) is 15.5. The van der Waals surface area contributed by atoms with Crippen LogP contribution in [0.1, 0.15) is 22.8 Å². The molecule has 0 fully saturated rings. The van der Waals surface area contributed by atoms with Crippen LogP contribution < -0.4 is 5.73 Å². The predicted octanol–water partition coefficient (Wildman–Crippen LogP) is 2.18. The number of rotatable bonds is 5. The van der Waals surface area contributed by atoms with Crippen molar-refractivity contribution in [1.29, 1.82) is 0 Å². The van der Waals surface area contributed by atoms with E-state index < -0.39 is 11.7 Å². The molecule has 2 rings (SSSR count). The molecule has 0 unspecified atom stereocenters. The Morgan fingerprint density at radius 3 is 2.57 bits per heavy atom. The van der Waals surface area contributed by atoms with Gasteiger partial charge in [0.2, 0.25) is 5.89 Å². The lowest BCUT2D eigenvalue weighted by atomic mass is 10.1. The number of aromatic nitrogens is 2. The Morgan fingerprint density at radius 2 is 1.95 bits per heavy atom. The first kappa shape index (κ1) is 15.5. The van der Waals surface area contributed by atoms with Crippen LogP contribution in [0.15, 0.2) is 28.8 Å². The first-order valence-electron chi connectivity index (χ1n) is 6.25. The minimum atomic E-state index is -4.36. The Hall–Kier alpha value is -1.93. The van der Waals surface area contributed by atoms with Gasteiger partial charge >= 0.3 is 6.18 Å². The molecule has 21 heavy (non-hydrogen) atoms. The molecule has 1 aromatic heterocycles. The molecule has 2 N–H and O–H groups in total. The van der Waals surface area contributed by atoms with Gasteiger partial charge in [0.15, 0.2) is 5.82 Å². The molecule has 0 saturated heterocycles. The maximum absolute atomic E-state index is 12.9. The molecule has 0 bridgehead atoms. The van der Waals surface area contributed by atoms with Crippen LogP contribution in [0, 0.1) is 0 Å². The monoisotopic (exact) mass is 300 g/mol. The minimum Gasteiger partial charge on any atom is -0.338 e. The highest BCUT2D eigenvalue weighted by atomic mass is 19.4. The molecule has 0 aliphatic carbocycles. The third-order valence-corrected chi connectivity index (χ3v) is 2.86. The molecule has 0 spiro atoms. The number of hydrogen-bond donors (Lipinski definition) is 1. The largest absolute Gasteiger partial charge is 0.416 e. The molecule has 0 atom stereocenters. The third-order valence-electron chi connectivity index (χ3n) is 2.86. The molecule has 0 aliphatic rings. The van der Waals surface area contributed by atoms with Gasteiger partial charge in [-0.25, -0.2) is 0 Å². The summed E-state index contributed by atoms with van der Waals surface area (Å²) in [5.41, 5.74) is 4.92. The van der Waals surface area contributed by atoms with Crippen molar-refractivity contribution in [3.8, 4) is 0 Å². The smallest absolute Gasteiger partial charge is 0.338 e. The summed E-state index contributed by atoms with van der Waals surface area (Å²) in [4.78, 5) is 5.69. The predicted molar refractivity (Wildman–Crippen MR) is 68.8 cm³/mol. The summed E-state index contributed by atoms with van der Waals surface area (Å²) in [5.74, 6) is 0.691. The van der Waals surface area contributed by atoms with Crippen LogP contribution in [0.25, 0.3) is 0 Å². The lowest BCUT2D eigenvalue weighted by Crippen LogP contribution is -2.20. The SMILES string of the molecule is CN(Cc1noc(CN)n1)Cc1ccccc1C(F)(F)F. The van der Waals surface area contributed by atoms with Crippen LogP contribution >= 0.6 is 0 Å². The normalized spacial score (nSPS) is 12.1. The Bertz CT molecular complexity index is 597. The second-order valence-corrected chi connectivity index (χ2v) is 4.64. The number of alkyl halides is 3. The zero-order valence-electron chi connectivity index (χ0n) is 11.4. The van der Waals surface area contributed by atoms with Crippen molar-refractivity contribution in [3.05, 3.63) is 47.1 Å². The van der Waals surface area contributed by atoms with Crippen molar-refractivity contribution in [1.82, 2.24) is 15.0 Å². The van der Waals surface area contributed by atoms with Crippen LogP contribution in [0.4, 0.5) is 13.2 Å². The van der Waals surface area contributed by atoms with E-state index in [4.69, 9.17) is 10.3 Å². The van der Waals surface area contributed by atoms with Gasteiger partial charge in [0, 0.05) is 6.54 Å². The van der Waals surface area contributed by atoms with Crippen LogP contribution in [-0.2, 0) is 25.8 Å². The van der Waals surface area contributed by atoms with E-state index in [2.05, 4.69) is 10.1 Å². The van der Waals surface area contributed by atoms with Crippen molar-refractivity contribution in [2.24, 2.45) is 5.73 Å². The van der Waals surface area contributed by atoms with Crippen LogP contribution in [0.2, 0.25) is 0 Å². The van der Waals surface area contributed by atoms with Gasteiger partial charge < -0.3 is 10.3 Å². The Labute approximate surface area is 119 Å². The Morgan fingerprint density at radius 1 is 1.24 bits per heavy atom. The van der Waals surface area contributed by atoms with E-state index in [9.17, 15) is 13.2 Å². The van der Waals surface area contributed by atoms with Gasteiger partial charge in [-0.1, -0.05) is 23.4 Å². The number of halogens is 3. The second kappa shape index (κ2) is 6.23. The Balaban J connectivity index is 2.07. The lowest BCUT2D eigenvalue weighted by Gasteiger charge is -2.18. The van der Waals surface area contributed by atoms with Gasteiger partial charge in [-0.05, 0) is 18.7 Å². The average Bonchev–Trinajstić information content (AvgIpc) is 2.85. The second-order valence-electron chi connectivity index (χ2n) is 4.64. The molecule has 5 nitrogen and oxygen atoms in total. The fourth-order valence-corrected chi connectivity index (χ4v) is 1.96. The summed E-state index contributed by atoms with van der Waals surface area (Å²) in [6, 6.07) is 5.49. The van der Waals surface area contributed by atoms with Gasteiger partial charge in [-0.15, -0.1) is 0 Å². The minimum absolute atomic E-state index is 0.127. The molecule has 0 aliphatic heterocycles. The highest BCUT2D eigenvalue weighted by Gasteiger charge is 2.33. The van der Waals surface area contributed by atoms with E-state index in [0.29, 0.717) is 11.7 Å². The molecule has 1 aromatic carbocycles. The van der Waals surface area contributed by atoms with Gasteiger partial charge in [0.25, 0.3) is 0 Å². The molecular formula is C13H15F3N4O. The first-order valence-corrected chi connectivity index (χ1v) is 6.25. The van der Waals surface area contributed by atoms with E-state index in [1.807, 2.05) is 0 Å². The average molecular weight is 300 g/mol. The zero-order valence-corrected chi connectivity index (χ0v) is 11.4. The van der Waals surface area contributed by atoms with E-state index in [-0.39, 0.29) is 25.2 Å². The summed E-state index contributed by atoms with van der Waals surface area (Å²) in [6.45, 7) is 0.533. The molecule has 0 radical (unpaired) electrons. The third kappa shape index (κ3) is 4.02. The quantitative estimate of drug-likeness (QED) is 0.916. The van der Waals surface area contributed by atoms with Crippen LogP contribution in [0.3, 0.4) is 0 Å². The molecule has 2 aromatic rings. The lowest BCUT2D eigenvalue weighted by molar-refractivity contribution is -0.138. The van der Waals surface area contributed by atoms with Crippen molar-refractivity contribution in [3.63, 3.8) is 0 Å². The molecule has 114 valence electrons. The maximum atomic E-state index is 12.9. The van der Waals surface area contributed by atoms with Crippen molar-refractivity contribution >= 4 is 0 Å². The van der Waals surface area contributed by atoms with Gasteiger partial charge in [0.1, 0.15) is 0 Å². The fourth-order valence-electron chi connectivity index (χ4n) is 1.96. The topological polar surface area (TPSA) is 68.2 Å². The highest BCUT2D eigenvalue weighted by molar-refractivity contribution is 5.29. The Kier molecular flexibility index (Phi) is 4.59. The summed E-state index contributed by atoms with van der Waals surface area (Å²) >= 11 is 0. The summed E-state index contributed by atoms with van der Waals surface area (Å²) < 4.78 is 43.6. The standard InChI is InChI=1S/C13H15F3N4O/c1-20(8-11-18-12(6-17)21-19-11)7-9-4-2-3-5-10(9)13(14,15)16/h2-5H,6-8,17H2,1H3. The van der Waals surface area contributed by atoms with Crippen LogP contribution in [0.5, 0.6) is 0 Å². The van der Waals surface area contributed by atoms with Crippen molar-refractivity contribution < 1.29 is 17.7 Å². The van der Waals surface area contributed by atoms with E-state index in [1.165, 1.54) is 12.1 Å². The van der Waals surface area contributed by atoms with Crippen molar-refractivity contribution in [2.45, 2.75) is 25.8 Å². The van der Waals surface area contributed by atoms with Crippen LogP contribution in [-0.4, -0.2) is 22.1 Å².